The van der Waals surface area contributed by atoms with E-state index in [9.17, 15) is 0 Å². The third kappa shape index (κ3) is 2.80. The molecule has 0 heterocycles. The number of hydrogen-bond acceptors (Lipinski definition) is 3. The molecule has 0 aliphatic rings. The van der Waals surface area contributed by atoms with Crippen LogP contribution in [-0.4, -0.2) is 13.7 Å². The fourth-order valence-corrected chi connectivity index (χ4v) is 1.71. The van der Waals surface area contributed by atoms with Crippen molar-refractivity contribution in [2.24, 2.45) is 5.73 Å². The first-order chi connectivity index (χ1) is 7.40. The summed E-state index contributed by atoms with van der Waals surface area (Å²) in [6.45, 7) is 6.32. The molecule has 1 aromatic carbocycles. The van der Waals surface area contributed by atoms with Gasteiger partial charge in [0.2, 0.25) is 0 Å². The smallest absolute Gasteiger partial charge is 0.141 e. The molecule has 0 bridgehead atoms. The van der Waals surface area contributed by atoms with Gasteiger partial charge in [-0.05, 0) is 26.8 Å². The average molecular weight is 244 g/mol. The molecule has 0 fully saturated rings. The predicted molar refractivity (Wildman–Crippen MR) is 66.4 cm³/mol. The van der Waals surface area contributed by atoms with E-state index in [1.807, 2.05) is 20.8 Å². The Labute approximate surface area is 101 Å². The lowest BCUT2D eigenvalue weighted by molar-refractivity contribution is 0.324. The van der Waals surface area contributed by atoms with Gasteiger partial charge in [0.1, 0.15) is 11.5 Å². The zero-order valence-corrected chi connectivity index (χ0v) is 10.9. The van der Waals surface area contributed by atoms with E-state index in [0.717, 1.165) is 11.3 Å². The van der Waals surface area contributed by atoms with Crippen molar-refractivity contribution in [3.05, 3.63) is 22.7 Å². The van der Waals surface area contributed by atoms with Crippen molar-refractivity contribution < 1.29 is 9.47 Å². The van der Waals surface area contributed by atoms with Gasteiger partial charge in [0, 0.05) is 17.2 Å². The molecular formula is C12H18ClNO2. The highest BCUT2D eigenvalue weighted by molar-refractivity contribution is 6.32. The first kappa shape index (κ1) is 13.1. The molecule has 0 radical (unpaired) electrons. The van der Waals surface area contributed by atoms with Crippen molar-refractivity contribution in [3.63, 3.8) is 0 Å². The van der Waals surface area contributed by atoms with Crippen LogP contribution in [0.1, 0.15) is 26.3 Å². The number of hydrogen-bond donors (Lipinski definition) is 1. The van der Waals surface area contributed by atoms with E-state index in [0.29, 0.717) is 17.4 Å². The second-order valence-corrected chi connectivity index (χ2v) is 4.54. The van der Waals surface area contributed by atoms with E-state index in [1.54, 1.807) is 19.2 Å². The SMILES string of the molecule is CCOc1cc(OC)c(Cl)cc1C(C)(C)N. The van der Waals surface area contributed by atoms with Crippen LogP contribution in [0.2, 0.25) is 5.02 Å². The molecule has 0 aliphatic carbocycles. The fraction of sp³-hybridized carbons (Fsp3) is 0.500. The van der Waals surface area contributed by atoms with E-state index >= 15 is 0 Å². The molecule has 3 nitrogen and oxygen atoms in total. The molecule has 0 aliphatic heterocycles. The molecule has 0 atom stereocenters. The first-order valence-corrected chi connectivity index (χ1v) is 5.57. The predicted octanol–water partition coefficient (Wildman–Crippen LogP) is 2.94. The minimum Gasteiger partial charge on any atom is -0.495 e. The van der Waals surface area contributed by atoms with E-state index in [4.69, 9.17) is 26.8 Å². The number of nitrogens with two attached hydrogens (primary N) is 1. The molecule has 90 valence electrons. The van der Waals surface area contributed by atoms with Gasteiger partial charge in [-0.2, -0.15) is 0 Å². The molecule has 4 heteroatoms. The third-order valence-electron chi connectivity index (χ3n) is 2.25. The summed E-state index contributed by atoms with van der Waals surface area (Å²) in [5, 5.41) is 0.541. The Morgan fingerprint density at radius 2 is 1.94 bits per heavy atom. The summed E-state index contributed by atoms with van der Waals surface area (Å²) in [4.78, 5) is 0. The Kier molecular flexibility index (Phi) is 4.05. The lowest BCUT2D eigenvalue weighted by Gasteiger charge is -2.23. The molecular weight excluding hydrogens is 226 g/mol. The highest BCUT2D eigenvalue weighted by Gasteiger charge is 2.21. The van der Waals surface area contributed by atoms with Gasteiger partial charge in [0.05, 0.1) is 18.7 Å². The number of methoxy groups -OCH3 is 1. The minimum absolute atomic E-state index is 0.500. The topological polar surface area (TPSA) is 44.5 Å². The zero-order valence-electron chi connectivity index (χ0n) is 10.1. The Hall–Kier alpha value is -0.930. The number of benzene rings is 1. The Bertz CT molecular complexity index is 372. The average Bonchev–Trinajstić information content (AvgIpc) is 2.19. The number of rotatable bonds is 4. The van der Waals surface area contributed by atoms with Crippen molar-refractivity contribution in [2.75, 3.05) is 13.7 Å². The second kappa shape index (κ2) is 4.93. The highest BCUT2D eigenvalue weighted by atomic mass is 35.5. The van der Waals surface area contributed by atoms with Gasteiger partial charge < -0.3 is 15.2 Å². The van der Waals surface area contributed by atoms with E-state index in [1.165, 1.54) is 0 Å². The quantitative estimate of drug-likeness (QED) is 0.884. The molecule has 0 amide bonds. The van der Waals surface area contributed by atoms with Crippen molar-refractivity contribution >= 4 is 11.6 Å². The fourth-order valence-electron chi connectivity index (χ4n) is 1.47. The lowest BCUT2D eigenvalue weighted by Crippen LogP contribution is -2.29. The molecule has 0 saturated heterocycles. The van der Waals surface area contributed by atoms with Gasteiger partial charge in [-0.1, -0.05) is 11.6 Å². The summed E-state index contributed by atoms with van der Waals surface area (Å²) in [7, 11) is 1.57. The Morgan fingerprint density at radius 3 is 2.38 bits per heavy atom. The Morgan fingerprint density at radius 1 is 1.31 bits per heavy atom. The molecule has 0 spiro atoms. The van der Waals surface area contributed by atoms with Crippen LogP contribution in [0.4, 0.5) is 0 Å². The summed E-state index contributed by atoms with van der Waals surface area (Å²) >= 11 is 6.07. The van der Waals surface area contributed by atoms with Gasteiger partial charge in [0.25, 0.3) is 0 Å². The molecule has 1 rings (SSSR count). The molecule has 2 N–H and O–H groups in total. The van der Waals surface area contributed by atoms with Crippen LogP contribution in [0.25, 0.3) is 0 Å². The summed E-state index contributed by atoms with van der Waals surface area (Å²) in [6.07, 6.45) is 0. The monoisotopic (exact) mass is 243 g/mol. The standard InChI is InChI=1S/C12H18ClNO2/c1-5-16-10-7-11(15-4)9(13)6-8(10)12(2,3)14/h6-7H,5,14H2,1-4H3. The third-order valence-corrected chi connectivity index (χ3v) is 2.54. The van der Waals surface area contributed by atoms with Crippen LogP contribution in [0, 0.1) is 0 Å². The van der Waals surface area contributed by atoms with Gasteiger partial charge in [0.15, 0.2) is 0 Å². The maximum atomic E-state index is 6.07. The normalized spacial score (nSPS) is 11.4. The minimum atomic E-state index is -0.500. The summed E-state index contributed by atoms with van der Waals surface area (Å²) < 4.78 is 10.7. The van der Waals surface area contributed by atoms with Crippen LogP contribution in [-0.2, 0) is 5.54 Å². The van der Waals surface area contributed by atoms with Crippen molar-refractivity contribution in [1.82, 2.24) is 0 Å². The van der Waals surface area contributed by atoms with Crippen LogP contribution in [0.3, 0.4) is 0 Å². The second-order valence-electron chi connectivity index (χ2n) is 4.14. The van der Waals surface area contributed by atoms with Crippen molar-refractivity contribution in [3.8, 4) is 11.5 Å². The van der Waals surface area contributed by atoms with Crippen molar-refractivity contribution in [1.29, 1.82) is 0 Å². The maximum absolute atomic E-state index is 6.07. The first-order valence-electron chi connectivity index (χ1n) is 5.19. The largest absolute Gasteiger partial charge is 0.495 e. The Balaban J connectivity index is 3.30. The number of ether oxygens (including phenoxy) is 2. The van der Waals surface area contributed by atoms with Gasteiger partial charge in [-0.25, -0.2) is 0 Å². The molecule has 0 unspecified atom stereocenters. The van der Waals surface area contributed by atoms with Crippen LogP contribution >= 0.6 is 11.6 Å². The van der Waals surface area contributed by atoms with E-state index < -0.39 is 5.54 Å². The van der Waals surface area contributed by atoms with Crippen LogP contribution < -0.4 is 15.2 Å². The zero-order chi connectivity index (χ0) is 12.3. The summed E-state index contributed by atoms with van der Waals surface area (Å²) in [6, 6.07) is 3.57. The van der Waals surface area contributed by atoms with E-state index in [-0.39, 0.29) is 0 Å². The summed E-state index contributed by atoms with van der Waals surface area (Å²) in [5.74, 6) is 1.31. The molecule has 16 heavy (non-hydrogen) atoms. The van der Waals surface area contributed by atoms with Crippen molar-refractivity contribution in [2.45, 2.75) is 26.3 Å². The molecule has 0 aromatic heterocycles. The maximum Gasteiger partial charge on any atom is 0.141 e. The number of halogens is 1. The van der Waals surface area contributed by atoms with Gasteiger partial charge in [-0.15, -0.1) is 0 Å². The lowest BCUT2D eigenvalue weighted by atomic mass is 9.94. The van der Waals surface area contributed by atoms with Gasteiger partial charge >= 0.3 is 0 Å². The highest BCUT2D eigenvalue weighted by Crippen LogP contribution is 2.36. The summed E-state index contributed by atoms with van der Waals surface area (Å²) in [5.41, 5.74) is 6.44. The van der Waals surface area contributed by atoms with Crippen LogP contribution in [0.15, 0.2) is 12.1 Å². The molecule has 0 saturated carbocycles. The van der Waals surface area contributed by atoms with Crippen LogP contribution in [0.5, 0.6) is 11.5 Å². The molecule has 1 aromatic rings. The van der Waals surface area contributed by atoms with Gasteiger partial charge in [-0.3, -0.25) is 0 Å². The van der Waals surface area contributed by atoms with E-state index in [2.05, 4.69) is 0 Å².